The lowest BCUT2D eigenvalue weighted by Gasteiger charge is -2.10. The number of halogens is 1. The summed E-state index contributed by atoms with van der Waals surface area (Å²) in [6.45, 7) is 1.70. The Morgan fingerprint density at radius 2 is 2.26 bits per heavy atom. The van der Waals surface area contributed by atoms with Crippen LogP contribution in [0.5, 0.6) is 0 Å². The molecule has 0 aromatic heterocycles. The van der Waals surface area contributed by atoms with Gasteiger partial charge in [-0.25, -0.2) is 4.39 Å². The molecule has 0 aliphatic heterocycles. The van der Waals surface area contributed by atoms with Gasteiger partial charge in [0.2, 0.25) is 0 Å². The van der Waals surface area contributed by atoms with Crippen LogP contribution in [0, 0.1) is 11.7 Å². The maximum Gasteiger partial charge on any atom is 0.253 e. The fourth-order valence-electron chi connectivity index (χ4n) is 1.83. The summed E-state index contributed by atoms with van der Waals surface area (Å²) < 4.78 is 18.9. The van der Waals surface area contributed by atoms with Crippen molar-refractivity contribution in [3.8, 4) is 0 Å². The highest BCUT2D eigenvalue weighted by Crippen LogP contribution is 2.28. The molecule has 0 bridgehead atoms. The number of ether oxygens (including phenoxy) is 1. The molecule has 1 saturated carbocycles. The summed E-state index contributed by atoms with van der Waals surface area (Å²) in [5.74, 6) is -0.00572. The van der Waals surface area contributed by atoms with E-state index < -0.39 is 5.82 Å². The lowest BCUT2D eigenvalue weighted by atomic mass is 10.1. The maximum absolute atomic E-state index is 13.5. The van der Waals surface area contributed by atoms with Gasteiger partial charge in [0.15, 0.2) is 0 Å². The Bertz CT molecular complexity index is 447. The molecule has 1 aromatic carbocycles. The second kappa shape index (κ2) is 6.52. The third-order valence-electron chi connectivity index (χ3n) is 3.09. The Morgan fingerprint density at radius 1 is 1.47 bits per heavy atom. The Kier molecular flexibility index (Phi) is 4.74. The average Bonchev–Trinajstić information content (AvgIpc) is 3.22. The predicted molar refractivity (Wildman–Crippen MR) is 71.8 cm³/mol. The number of para-hydroxylation sites is 1. The first-order valence-corrected chi connectivity index (χ1v) is 6.54. The molecule has 4 nitrogen and oxygen atoms in total. The highest BCUT2D eigenvalue weighted by molar-refractivity contribution is 5.99. The van der Waals surface area contributed by atoms with Gasteiger partial charge in [0.1, 0.15) is 5.82 Å². The van der Waals surface area contributed by atoms with Crippen LogP contribution < -0.4 is 10.6 Å². The highest BCUT2D eigenvalue weighted by Gasteiger charge is 2.21. The molecule has 0 heterocycles. The molecular weight excluding hydrogens is 247 g/mol. The van der Waals surface area contributed by atoms with Gasteiger partial charge in [-0.3, -0.25) is 4.79 Å². The van der Waals surface area contributed by atoms with Crippen molar-refractivity contribution < 1.29 is 13.9 Å². The second-order valence-corrected chi connectivity index (χ2v) is 4.69. The van der Waals surface area contributed by atoms with Crippen molar-refractivity contribution in [3.63, 3.8) is 0 Å². The Labute approximate surface area is 112 Å². The van der Waals surface area contributed by atoms with E-state index in [1.54, 1.807) is 13.1 Å². The Balaban J connectivity index is 1.79. The van der Waals surface area contributed by atoms with Crippen LogP contribution >= 0.6 is 0 Å². The number of benzene rings is 1. The van der Waals surface area contributed by atoms with Gasteiger partial charge < -0.3 is 15.4 Å². The van der Waals surface area contributed by atoms with Crippen molar-refractivity contribution in [3.05, 3.63) is 29.6 Å². The molecule has 1 aromatic rings. The maximum atomic E-state index is 13.5. The smallest absolute Gasteiger partial charge is 0.253 e. The first-order chi connectivity index (χ1) is 9.22. The van der Waals surface area contributed by atoms with E-state index in [1.165, 1.54) is 25.0 Å². The monoisotopic (exact) mass is 266 g/mol. The molecular formula is C14H19FN2O2. The van der Waals surface area contributed by atoms with Gasteiger partial charge in [-0.1, -0.05) is 6.07 Å². The molecule has 5 heteroatoms. The zero-order valence-electron chi connectivity index (χ0n) is 11.0. The van der Waals surface area contributed by atoms with Gasteiger partial charge in [-0.15, -0.1) is 0 Å². The summed E-state index contributed by atoms with van der Waals surface area (Å²) in [5.41, 5.74) is 0.531. The first-order valence-electron chi connectivity index (χ1n) is 6.54. The molecule has 19 heavy (non-hydrogen) atoms. The third kappa shape index (κ3) is 3.92. The number of hydrogen-bond donors (Lipinski definition) is 2. The molecule has 2 rings (SSSR count). The Hall–Kier alpha value is -1.62. The van der Waals surface area contributed by atoms with E-state index in [9.17, 15) is 9.18 Å². The zero-order chi connectivity index (χ0) is 13.7. The van der Waals surface area contributed by atoms with Gasteiger partial charge in [0.05, 0.1) is 17.9 Å². The highest BCUT2D eigenvalue weighted by atomic mass is 19.1. The van der Waals surface area contributed by atoms with Crippen molar-refractivity contribution in [2.24, 2.45) is 5.92 Å². The molecule has 1 aliphatic carbocycles. The van der Waals surface area contributed by atoms with Crippen molar-refractivity contribution in [2.75, 3.05) is 32.1 Å². The standard InChI is InChI=1S/C14H19FN2O2/c1-16-13-11(3-2-4-12(13)15)14(18)17-7-8-19-9-10-5-6-10/h2-4,10,16H,5-9H2,1H3,(H,17,18). The SMILES string of the molecule is CNc1c(F)cccc1C(=O)NCCOCC1CC1. The van der Waals surface area contributed by atoms with Crippen molar-refractivity contribution in [1.82, 2.24) is 5.32 Å². The minimum Gasteiger partial charge on any atom is -0.385 e. The van der Waals surface area contributed by atoms with Gasteiger partial charge in [-0.2, -0.15) is 0 Å². The average molecular weight is 266 g/mol. The molecule has 0 saturated heterocycles. The lowest BCUT2D eigenvalue weighted by Crippen LogP contribution is -2.28. The summed E-state index contributed by atoms with van der Waals surface area (Å²) in [6, 6.07) is 4.44. The van der Waals surface area contributed by atoms with Crippen LogP contribution in [0.15, 0.2) is 18.2 Å². The number of hydrogen-bond acceptors (Lipinski definition) is 3. The van der Waals surface area contributed by atoms with Crippen LogP contribution in [0.3, 0.4) is 0 Å². The number of carbonyl (C=O) groups is 1. The largest absolute Gasteiger partial charge is 0.385 e. The minimum absolute atomic E-state index is 0.221. The van der Waals surface area contributed by atoms with E-state index in [-0.39, 0.29) is 11.6 Å². The van der Waals surface area contributed by atoms with Gasteiger partial charge in [0.25, 0.3) is 5.91 Å². The molecule has 1 amide bonds. The number of anilines is 1. The van der Waals surface area contributed by atoms with E-state index in [1.807, 2.05) is 0 Å². The number of rotatable bonds is 7. The van der Waals surface area contributed by atoms with Crippen molar-refractivity contribution in [2.45, 2.75) is 12.8 Å². The molecule has 2 N–H and O–H groups in total. The van der Waals surface area contributed by atoms with Gasteiger partial charge >= 0.3 is 0 Å². The molecule has 1 aliphatic rings. The number of carbonyl (C=O) groups excluding carboxylic acids is 1. The van der Waals surface area contributed by atoms with Crippen LogP contribution in [-0.4, -0.2) is 32.7 Å². The summed E-state index contributed by atoms with van der Waals surface area (Å²) in [4.78, 5) is 11.9. The predicted octanol–water partition coefficient (Wildman–Crippen LogP) is 2.02. The quantitative estimate of drug-likeness (QED) is 0.742. The van der Waals surface area contributed by atoms with Crippen LogP contribution in [0.2, 0.25) is 0 Å². The molecule has 0 radical (unpaired) electrons. The fraction of sp³-hybridized carbons (Fsp3) is 0.500. The molecule has 0 spiro atoms. The van der Waals surface area contributed by atoms with Crippen LogP contribution in [0.4, 0.5) is 10.1 Å². The van der Waals surface area contributed by atoms with E-state index in [4.69, 9.17) is 4.74 Å². The van der Waals surface area contributed by atoms with Crippen LogP contribution in [-0.2, 0) is 4.74 Å². The van der Waals surface area contributed by atoms with Gasteiger partial charge in [0, 0.05) is 20.2 Å². The summed E-state index contributed by atoms with van der Waals surface area (Å²) in [5, 5.41) is 5.43. The van der Waals surface area contributed by atoms with Crippen LogP contribution in [0.1, 0.15) is 23.2 Å². The molecule has 1 fully saturated rings. The van der Waals surface area contributed by atoms with E-state index in [0.717, 1.165) is 12.5 Å². The normalized spacial score (nSPS) is 14.2. The topological polar surface area (TPSA) is 50.4 Å². The Morgan fingerprint density at radius 3 is 2.95 bits per heavy atom. The summed E-state index contributed by atoms with van der Waals surface area (Å²) in [6.07, 6.45) is 2.50. The lowest BCUT2D eigenvalue weighted by molar-refractivity contribution is 0.0907. The fourth-order valence-corrected chi connectivity index (χ4v) is 1.83. The number of amides is 1. The van der Waals surface area contributed by atoms with Crippen LogP contribution in [0.25, 0.3) is 0 Å². The molecule has 0 atom stereocenters. The third-order valence-corrected chi connectivity index (χ3v) is 3.09. The summed E-state index contributed by atoms with van der Waals surface area (Å²) in [7, 11) is 1.59. The van der Waals surface area contributed by atoms with Crippen molar-refractivity contribution >= 4 is 11.6 Å². The molecule has 104 valence electrons. The molecule has 0 unspecified atom stereocenters. The van der Waals surface area contributed by atoms with E-state index >= 15 is 0 Å². The van der Waals surface area contributed by atoms with Gasteiger partial charge in [-0.05, 0) is 30.9 Å². The van der Waals surface area contributed by atoms with Crippen molar-refractivity contribution in [1.29, 1.82) is 0 Å². The van der Waals surface area contributed by atoms with E-state index in [0.29, 0.717) is 18.7 Å². The minimum atomic E-state index is -0.430. The second-order valence-electron chi connectivity index (χ2n) is 4.69. The zero-order valence-corrected chi connectivity index (χ0v) is 11.0. The first kappa shape index (κ1) is 13.8. The van der Waals surface area contributed by atoms with E-state index in [2.05, 4.69) is 10.6 Å². The summed E-state index contributed by atoms with van der Waals surface area (Å²) >= 11 is 0. The number of nitrogens with one attached hydrogen (secondary N) is 2.